The standard InChI is InChI=1S/C10H18O2/c1-3-4-5-9(11)10(12-2)8-6-7-8/h3,8-11H,1,4-7H2,2H3. The van der Waals surface area contributed by atoms with Gasteiger partial charge >= 0.3 is 0 Å². The number of aliphatic hydroxyl groups is 1. The third kappa shape index (κ3) is 2.61. The van der Waals surface area contributed by atoms with E-state index in [9.17, 15) is 5.11 Å². The summed E-state index contributed by atoms with van der Waals surface area (Å²) < 4.78 is 5.25. The zero-order valence-corrected chi connectivity index (χ0v) is 7.70. The van der Waals surface area contributed by atoms with Gasteiger partial charge < -0.3 is 9.84 Å². The Morgan fingerprint density at radius 3 is 2.75 bits per heavy atom. The van der Waals surface area contributed by atoms with Gasteiger partial charge in [0.05, 0.1) is 12.2 Å². The average molecular weight is 170 g/mol. The van der Waals surface area contributed by atoms with Gasteiger partial charge in [-0.05, 0) is 31.6 Å². The fourth-order valence-corrected chi connectivity index (χ4v) is 1.54. The molecule has 0 saturated heterocycles. The van der Waals surface area contributed by atoms with Crippen LogP contribution in [0.1, 0.15) is 25.7 Å². The predicted octanol–water partition coefficient (Wildman–Crippen LogP) is 1.74. The van der Waals surface area contributed by atoms with Gasteiger partial charge in [0, 0.05) is 7.11 Å². The van der Waals surface area contributed by atoms with E-state index in [1.165, 1.54) is 12.8 Å². The van der Waals surface area contributed by atoms with Crippen LogP contribution < -0.4 is 0 Å². The summed E-state index contributed by atoms with van der Waals surface area (Å²) in [6, 6.07) is 0. The molecule has 0 aromatic rings. The summed E-state index contributed by atoms with van der Waals surface area (Å²) in [6.07, 6.45) is 5.66. The van der Waals surface area contributed by atoms with Gasteiger partial charge in [0.15, 0.2) is 0 Å². The summed E-state index contributed by atoms with van der Waals surface area (Å²) in [7, 11) is 1.68. The molecule has 0 bridgehead atoms. The van der Waals surface area contributed by atoms with E-state index >= 15 is 0 Å². The van der Waals surface area contributed by atoms with Gasteiger partial charge in [0.1, 0.15) is 0 Å². The molecule has 1 N–H and O–H groups in total. The van der Waals surface area contributed by atoms with Crippen molar-refractivity contribution in [2.45, 2.75) is 37.9 Å². The second kappa shape index (κ2) is 4.63. The number of hydrogen-bond acceptors (Lipinski definition) is 2. The Morgan fingerprint density at radius 2 is 2.33 bits per heavy atom. The average Bonchev–Trinajstić information content (AvgIpc) is 2.86. The van der Waals surface area contributed by atoms with Crippen LogP contribution in [-0.2, 0) is 4.74 Å². The van der Waals surface area contributed by atoms with Crippen molar-refractivity contribution in [2.24, 2.45) is 5.92 Å². The summed E-state index contributed by atoms with van der Waals surface area (Å²) in [4.78, 5) is 0. The van der Waals surface area contributed by atoms with Crippen LogP contribution in [0.25, 0.3) is 0 Å². The Hall–Kier alpha value is -0.340. The number of hydrogen-bond donors (Lipinski definition) is 1. The summed E-state index contributed by atoms with van der Waals surface area (Å²) >= 11 is 0. The molecule has 2 unspecified atom stereocenters. The quantitative estimate of drug-likeness (QED) is 0.615. The highest BCUT2D eigenvalue weighted by Crippen LogP contribution is 2.36. The maximum absolute atomic E-state index is 9.68. The summed E-state index contributed by atoms with van der Waals surface area (Å²) in [5.74, 6) is 0.606. The third-order valence-corrected chi connectivity index (χ3v) is 2.40. The van der Waals surface area contributed by atoms with Crippen molar-refractivity contribution in [3.63, 3.8) is 0 Å². The van der Waals surface area contributed by atoms with Crippen LogP contribution in [0.3, 0.4) is 0 Å². The lowest BCUT2D eigenvalue weighted by molar-refractivity contribution is -0.0273. The van der Waals surface area contributed by atoms with Crippen molar-refractivity contribution in [3.05, 3.63) is 12.7 Å². The fraction of sp³-hybridized carbons (Fsp3) is 0.800. The van der Waals surface area contributed by atoms with Crippen LogP contribution in [0.15, 0.2) is 12.7 Å². The minimum atomic E-state index is -0.305. The Balaban J connectivity index is 2.25. The summed E-state index contributed by atoms with van der Waals surface area (Å²) in [6.45, 7) is 3.63. The van der Waals surface area contributed by atoms with E-state index in [0.717, 1.165) is 12.8 Å². The molecule has 2 atom stereocenters. The largest absolute Gasteiger partial charge is 0.390 e. The first-order chi connectivity index (χ1) is 5.79. The third-order valence-electron chi connectivity index (χ3n) is 2.40. The molecule has 12 heavy (non-hydrogen) atoms. The molecule has 0 spiro atoms. The van der Waals surface area contributed by atoms with Crippen molar-refractivity contribution in [3.8, 4) is 0 Å². The van der Waals surface area contributed by atoms with E-state index in [0.29, 0.717) is 5.92 Å². The number of ether oxygens (including phenoxy) is 1. The van der Waals surface area contributed by atoms with Gasteiger partial charge in [-0.3, -0.25) is 0 Å². The molecule has 0 aromatic heterocycles. The van der Waals surface area contributed by atoms with Gasteiger partial charge in [0.2, 0.25) is 0 Å². The first kappa shape index (κ1) is 9.75. The zero-order chi connectivity index (χ0) is 8.97. The number of rotatable bonds is 6. The highest BCUT2D eigenvalue weighted by Gasteiger charge is 2.35. The van der Waals surface area contributed by atoms with Gasteiger partial charge in [-0.15, -0.1) is 6.58 Å². The fourth-order valence-electron chi connectivity index (χ4n) is 1.54. The zero-order valence-electron chi connectivity index (χ0n) is 7.70. The first-order valence-electron chi connectivity index (χ1n) is 4.61. The maximum Gasteiger partial charge on any atom is 0.0858 e. The van der Waals surface area contributed by atoms with E-state index in [4.69, 9.17) is 4.74 Å². The molecule has 1 aliphatic carbocycles. The molecule has 70 valence electrons. The number of methoxy groups -OCH3 is 1. The molecule has 1 aliphatic rings. The maximum atomic E-state index is 9.68. The molecule has 1 saturated carbocycles. The minimum absolute atomic E-state index is 0.0601. The van der Waals surface area contributed by atoms with Gasteiger partial charge in [-0.1, -0.05) is 6.08 Å². The highest BCUT2D eigenvalue weighted by molar-refractivity contribution is 4.87. The van der Waals surface area contributed by atoms with Crippen molar-refractivity contribution < 1.29 is 9.84 Å². The van der Waals surface area contributed by atoms with Crippen molar-refractivity contribution >= 4 is 0 Å². The summed E-state index contributed by atoms with van der Waals surface area (Å²) in [5.41, 5.74) is 0. The Morgan fingerprint density at radius 1 is 1.67 bits per heavy atom. The second-order valence-corrected chi connectivity index (χ2v) is 3.47. The Labute approximate surface area is 74.2 Å². The molecule has 1 rings (SSSR count). The smallest absolute Gasteiger partial charge is 0.0858 e. The van der Waals surface area contributed by atoms with Crippen LogP contribution >= 0.6 is 0 Å². The SMILES string of the molecule is C=CCCC(O)C(OC)C1CC1. The van der Waals surface area contributed by atoms with E-state index < -0.39 is 0 Å². The summed E-state index contributed by atoms with van der Waals surface area (Å²) in [5, 5.41) is 9.68. The molecule has 0 aliphatic heterocycles. The van der Waals surface area contributed by atoms with E-state index in [-0.39, 0.29) is 12.2 Å². The first-order valence-corrected chi connectivity index (χ1v) is 4.61. The van der Waals surface area contributed by atoms with Gasteiger partial charge in [-0.2, -0.15) is 0 Å². The van der Waals surface area contributed by atoms with E-state index in [2.05, 4.69) is 6.58 Å². The molecular formula is C10H18O2. The van der Waals surface area contributed by atoms with Crippen molar-refractivity contribution in [1.29, 1.82) is 0 Å². The molecule has 0 radical (unpaired) electrons. The molecule has 1 fully saturated rings. The van der Waals surface area contributed by atoms with Crippen LogP contribution in [0, 0.1) is 5.92 Å². The predicted molar refractivity (Wildman–Crippen MR) is 49.0 cm³/mol. The molecule has 0 amide bonds. The lowest BCUT2D eigenvalue weighted by atomic mass is 10.0. The molecular weight excluding hydrogens is 152 g/mol. The molecule has 2 nitrogen and oxygen atoms in total. The lowest BCUT2D eigenvalue weighted by Gasteiger charge is -2.20. The molecule has 0 aromatic carbocycles. The molecule has 0 heterocycles. The van der Waals surface area contributed by atoms with Crippen LogP contribution in [0.5, 0.6) is 0 Å². The molecule has 2 heteroatoms. The monoisotopic (exact) mass is 170 g/mol. The second-order valence-electron chi connectivity index (χ2n) is 3.47. The van der Waals surface area contributed by atoms with Crippen LogP contribution in [0.2, 0.25) is 0 Å². The van der Waals surface area contributed by atoms with Crippen molar-refractivity contribution in [1.82, 2.24) is 0 Å². The minimum Gasteiger partial charge on any atom is -0.390 e. The highest BCUT2D eigenvalue weighted by atomic mass is 16.5. The number of aliphatic hydroxyl groups excluding tert-OH is 1. The normalized spacial score (nSPS) is 21.8. The Kier molecular flexibility index (Phi) is 3.76. The van der Waals surface area contributed by atoms with Gasteiger partial charge in [-0.25, -0.2) is 0 Å². The lowest BCUT2D eigenvalue weighted by Crippen LogP contribution is -2.29. The van der Waals surface area contributed by atoms with Crippen LogP contribution in [-0.4, -0.2) is 24.4 Å². The van der Waals surface area contributed by atoms with Gasteiger partial charge in [0.25, 0.3) is 0 Å². The number of allylic oxidation sites excluding steroid dienone is 1. The van der Waals surface area contributed by atoms with E-state index in [1.54, 1.807) is 7.11 Å². The van der Waals surface area contributed by atoms with Crippen molar-refractivity contribution in [2.75, 3.05) is 7.11 Å². The van der Waals surface area contributed by atoms with E-state index in [1.807, 2.05) is 6.08 Å². The van der Waals surface area contributed by atoms with Crippen LogP contribution in [0.4, 0.5) is 0 Å². The topological polar surface area (TPSA) is 29.5 Å². The Bertz CT molecular complexity index is 141.